The Morgan fingerprint density at radius 3 is 2.71 bits per heavy atom. The molecule has 0 spiro atoms. The van der Waals surface area contributed by atoms with Gasteiger partial charge in [0, 0.05) is 0 Å². The Morgan fingerprint density at radius 1 is 2.00 bits per heavy atom. The van der Waals surface area contributed by atoms with E-state index in [2.05, 4.69) is 0 Å². The second-order valence-electron chi connectivity index (χ2n) is 1.52. The average Bonchev–Trinajstić information content (AvgIpc) is 1.65. The molecule has 1 atom stereocenters. The highest BCUT2D eigenvalue weighted by atomic mass is 16.3. The molecule has 0 saturated heterocycles. The SMILES string of the molecule is N#CC1=CCC1O. The molecule has 0 aromatic carbocycles. The number of hydrogen-bond acceptors (Lipinski definition) is 2. The predicted octanol–water partition coefficient (Wildman–Crippen LogP) is 0.201. The molecule has 36 valence electrons. The maximum absolute atomic E-state index is 8.62. The van der Waals surface area contributed by atoms with Crippen LogP contribution >= 0.6 is 0 Å². The van der Waals surface area contributed by atoms with Crippen LogP contribution in [0, 0.1) is 11.3 Å². The summed E-state index contributed by atoms with van der Waals surface area (Å²) >= 11 is 0. The van der Waals surface area contributed by atoms with Crippen molar-refractivity contribution in [2.45, 2.75) is 12.5 Å². The first-order valence-corrected chi connectivity index (χ1v) is 2.13. The van der Waals surface area contributed by atoms with E-state index in [9.17, 15) is 0 Å². The van der Waals surface area contributed by atoms with Crippen LogP contribution in [0.2, 0.25) is 0 Å². The Bertz CT molecular complexity index is 143. The zero-order valence-electron chi connectivity index (χ0n) is 3.76. The van der Waals surface area contributed by atoms with Gasteiger partial charge in [0.25, 0.3) is 0 Å². The van der Waals surface area contributed by atoms with Crippen LogP contribution in [0.25, 0.3) is 0 Å². The monoisotopic (exact) mass is 95.0 g/mol. The standard InChI is InChI=1S/C5H5NO/c6-3-4-1-2-5(4)7/h1,5,7H,2H2. The number of aliphatic hydroxyl groups is 1. The van der Waals surface area contributed by atoms with E-state index in [0.29, 0.717) is 12.0 Å². The van der Waals surface area contributed by atoms with E-state index in [0.717, 1.165) is 0 Å². The van der Waals surface area contributed by atoms with Crippen LogP contribution in [0.5, 0.6) is 0 Å². The fourth-order valence-corrected chi connectivity index (χ4v) is 0.461. The zero-order valence-corrected chi connectivity index (χ0v) is 3.76. The number of nitrogens with zero attached hydrogens (tertiary/aromatic N) is 1. The van der Waals surface area contributed by atoms with Crippen LogP contribution in [0.3, 0.4) is 0 Å². The molecule has 0 amide bonds. The number of aliphatic hydroxyl groups excluding tert-OH is 1. The highest BCUT2D eigenvalue weighted by Crippen LogP contribution is 2.16. The van der Waals surface area contributed by atoms with Gasteiger partial charge in [0.2, 0.25) is 0 Å². The van der Waals surface area contributed by atoms with Gasteiger partial charge in [-0.25, -0.2) is 0 Å². The van der Waals surface area contributed by atoms with Gasteiger partial charge in [-0.2, -0.15) is 5.26 Å². The van der Waals surface area contributed by atoms with Gasteiger partial charge in [-0.05, 0) is 6.42 Å². The van der Waals surface area contributed by atoms with Gasteiger partial charge in [0.15, 0.2) is 0 Å². The second kappa shape index (κ2) is 1.36. The quantitative estimate of drug-likeness (QED) is 0.467. The highest BCUT2D eigenvalue weighted by molar-refractivity contribution is 5.32. The van der Waals surface area contributed by atoms with E-state index in [-0.39, 0.29) is 0 Å². The molecule has 0 aliphatic heterocycles. The molecule has 0 radical (unpaired) electrons. The molecule has 0 heterocycles. The first-order valence-electron chi connectivity index (χ1n) is 2.13. The molecule has 1 aliphatic rings. The van der Waals surface area contributed by atoms with Gasteiger partial charge in [-0.3, -0.25) is 0 Å². The van der Waals surface area contributed by atoms with Crippen molar-refractivity contribution in [2.75, 3.05) is 0 Å². The van der Waals surface area contributed by atoms with Crippen molar-refractivity contribution in [3.05, 3.63) is 11.6 Å². The van der Waals surface area contributed by atoms with Crippen molar-refractivity contribution >= 4 is 0 Å². The largest absolute Gasteiger partial charge is 0.387 e. The summed E-state index contributed by atoms with van der Waals surface area (Å²) in [6.45, 7) is 0. The minimum absolute atomic E-state index is 0.454. The molecule has 0 aromatic heterocycles. The van der Waals surface area contributed by atoms with Gasteiger partial charge >= 0.3 is 0 Å². The van der Waals surface area contributed by atoms with Crippen LogP contribution in [-0.2, 0) is 0 Å². The van der Waals surface area contributed by atoms with Crippen LogP contribution in [-0.4, -0.2) is 11.2 Å². The summed E-state index contributed by atoms with van der Waals surface area (Å²) in [4.78, 5) is 0. The molecule has 1 unspecified atom stereocenters. The minimum Gasteiger partial charge on any atom is -0.387 e. The first-order chi connectivity index (χ1) is 3.34. The normalized spacial score (nSPS) is 27.4. The van der Waals surface area contributed by atoms with Crippen LogP contribution in [0.15, 0.2) is 11.6 Å². The molecule has 0 bridgehead atoms. The molecule has 1 aliphatic carbocycles. The maximum atomic E-state index is 8.62. The van der Waals surface area contributed by atoms with Gasteiger partial charge in [0.05, 0.1) is 17.7 Å². The van der Waals surface area contributed by atoms with Gasteiger partial charge in [-0.1, -0.05) is 6.08 Å². The van der Waals surface area contributed by atoms with E-state index in [4.69, 9.17) is 10.4 Å². The van der Waals surface area contributed by atoms with Crippen molar-refractivity contribution in [2.24, 2.45) is 0 Å². The lowest BCUT2D eigenvalue weighted by molar-refractivity contribution is 0.200. The molecule has 2 heteroatoms. The minimum atomic E-state index is -0.454. The summed E-state index contributed by atoms with van der Waals surface area (Å²) in [5.41, 5.74) is 0.514. The maximum Gasteiger partial charge on any atom is 0.0971 e. The Morgan fingerprint density at radius 2 is 2.71 bits per heavy atom. The summed E-state index contributed by atoms with van der Waals surface area (Å²) in [6.07, 6.45) is 1.93. The number of rotatable bonds is 0. The van der Waals surface area contributed by atoms with Crippen molar-refractivity contribution in [3.63, 3.8) is 0 Å². The average molecular weight is 95.1 g/mol. The van der Waals surface area contributed by atoms with E-state index in [1.54, 1.807) is 6.08 Å². The third kappa shape index (κ3) is 0.509. The van der Waals surface area contributed by atoms with E-state index >= 15 is 0 Å². The Balaban J connectivity index is 2.62. The summed E-state index contributed by atoms with van der Waals surface area (Å²) in [7, 11) is 0. The lowest BCUT2D eigenvalue weighted by Gasteiger charge is -2.13. The molecule has 1 rings (SSSR count). The molecule has 0 fully saturated rings. The molecular weight excluding hydrogens is 90.1 g/mol. The molecule has 1 N–H and O–H groups in total. The summed E-state index contributed by atoms with van der Waals surface area (Å²) in [6, 6.07) is 1.86. The van der Waals surface area contributed by atoms with Gasteiger partial charge in [-0.15, -0.1) is 0 Å². The summed E-state index contributed by atoms with van der Waals surface area (Å²) in [5.74, 6) is 0. The Hall–Kier alpha value is -0.810. The highest BCUT2D eigenvalue weighted by Gasteiger charge is 2.16. The van der Waals surface area contributed by atoms with Crippen LogP contribution in [0.1, 0.15) is 6.42 Å². The zero-order chi connectivity index (χ0) is 5.28. The van der Waals surface area contributed by atoms with Gasteiger partial charge in [0.1, 0.15) is 0 Å². The Kier molecular flexibility index (Phi) is 0.844. The summed E-state index contributed by atoms with van der Waals surface area (Å²) in [5, 5.41) is 16.7. The second-order valence-corrected chi connectivity index (χ2v) is 1.52. The van der Waals surface area contributed by atoms with Crippen LogP contribution in [0.4, 0.5) is 0 Å². The molecule has 0 saturated carbocycles. The topological polar surface area (TPSA) is 44.0 Å². The smallest absolute Gasteiger partial charge is 0.0971 e. The predicted molar refractivity (Wildman–Crippen MR) is 24.3 cm³/mol. The third-order valence-corrected chi connectivity index (χ3v) is 1.05. The van der Waals surface area contributed by atoms with E-state index in [1.165, 1.54) is 0 Å². The number of nitriles is 1. The first kappa shape index (κ1) is 4.35. The van der Waals surface area contributed by atoms with Crippen molar-refractivity contribution in [1.29, 1.82) is 5.26 Å². The third-order valence-electron chi connectivity index (χ3n) is 1.05. The lowest BCUT2D eigenvalue weighted by atomic mass is 9.97. The van der Waals surface area contributed by atoms with Crippen molar-refractivity contribution in [3.8, 4) is 6.07 Å². The van der Waals surface area contributed by atoms with Gasteiger partial charge < -0.3 is 5.11 Å². The van der Waals surface area contributed by atoms with Crippen molar-refractivity contribution < 1.29 is 5.11 Å². The van der Waals surface area contributed by atoms with Crippen LogP contribution < -0.4 is 0 Å². The molecular formula is C5H5NO. The van der Waals surface area contributed by atoms with E-state index < -0.39 is 6.10 Å². The lowest BCUT2D eigenvalue weighted by Crippen LogP contribution is -2.15. The molecule has 7 heavy (non-hydrogen) atoms. The fourth-order valence-electron chi connectivity index (χ4n) is 0.461. The number of hydrogen-bond donors (Lipinski definition) is 1. The summed E-state index contributed by atoms with van der Waals surface area (Å²) < 4.78 is 0. The molecule has 2 nitrogen and oxygen atoms in total. The van der Waals surface area contributed by atoms with E-state index in [1.807, 2.05) is 6.07 Å². The molecule has 0 aromatic rings. The Labute approximate surface area is 41.7 Å². The van der Waals surface area contributed by atoms with Crippen molar-refractivity contribution in [1.82, 2.24) is 0 Å². The fraction of sp³-hybridized carbons (Fsp3) is 0.400.